The number of hydrogen-bond acceptors (Lipinski definition) is 3. The smallest absolute Gasteiger partial charge is 0.266 e. The van der Waals surface area contributed by atoms with Gasteiger partial charge in [0.15, 0.2) is 6.29 Å². The summed E-state index contributed by atoms with van der Waals surface area (Å²) in [5.74, 6) is -0.787. The number of rotatable bonds is 2. The third-order valence-corrected chi connectivity index (χ3v) is 3.10. The molecule has 0 N–H and O–H groups in total. The number of imide groups is 1. The maximum absolute atomic E-state index is 12.3. The molecule has 2 amide bonds. The van der Waals surface area contributed by atoms with Crippen molar-refractivity contribution < 1.29 is 14.4 Å². The van der Waals surface area contributed by atoms with Crippen molar-refractivity contribution in [3.8, 4) is 0 Å². The van der Waals surface area contributed by atoms with E-state index in [1.807, 2.05) is 0 Å². The topological polar surface area (TPSA) is 54.5 Å². The molecule has 0 spiro atoms. The number of fused-ring (bicyclic) bond motifs is 1. The van der Waals surface area contributed by atoms with Crippen molar-refractivity contribution in [1.82, 2.24) is 0 Å². The van der Waals surface area contributed by atoms with Crippen LogP contribution < -0.4 is 4.90 Å². The van der Waals surface area contributed by atoms with E-state index in [0.29, 0.717) is 28.7 Å². The summed E-state index contributed by atoms with van der Waals surface area (Å²) in [6.07, 6.45) is 0.638. The summed E-state index contributed by atoms with van der Waals surface area (Å²) in [7, 11) is 0. The zero-order valence-electron chi connectivity index (χ0n) is 9.87. The molecule has 0 radical (unpaired) electrons. The van der Waals surface area contributed by atoms with Gasteiger partial charge in [0.05, 0.1) is 16.8 Å². The van der Waals surface area contributed by atoms with E-state index < -0.39 is 11.8 Å². The van der Waals surface area contributed by atoms with Gasteiger partial charge in [0.25, 0.3) is 11.8 Å². The van der Waals surface area contributed by atoms with Gasteiger partial charge in [-0.25, -0.2) is 4.90 Å². The SMILES string of the molecule is O=Cc1ccccc1N1C(=O)c2ccccc2C1=O. The number of amides is 2. The second-order valence-electron chi connectivity index (χ2n) is 4.17. The summed E-state index contributed by atoms with van der Waals surface area (Å²) in [5.41, 5.74) is 1.38. The van der Waals surface area contributed by atoms with Gasteiger partial charge in [-0.15, -0.1) is 0 Å². The molecule has 1 aliphatic rings. The van der Waals surface area contributed by atoms with Gasteiger partial charge in [0, 0.05) is 5.56 Å². The Morgan fingerprint density at radius 1 is 0.789 bits per heavy atom. The average Bonchev–Trinajstić information content (AvgIpc) is 2.71. The Balaban J connectivity index is 2.17. The van der Waals surface area contributed by atoms with E-state index in [1.54, 1.807) is 48.5 Å². The summed E-state index contributed by atoms with van der Waals surface area (Å²) < 4.78 is 0. The lowest BCUT2D eigenvalue weighted by Gasteiger charge is -2.15. The van der Waals surface area contributed by atoms with Crippen LogP contribution in [0.5, 0.6) is 0 Å². The van der Waals surface area contributed by atoms with Gasteiger partial charge in [0.1, 0.15) is 0 Å². The van der Waals surface area contributed by atoms with Crippen LogP contribution in [0.3, 0.4) is 0 Å². The fourth-order valence-corrected chi connectivity index (χ4v) is 2.20. The highest BCUT2D eigenvalue weighted by Gasteiger charge is 2.37. The Morgan fingerprint density at radius 2 is 1.32 bits per heavy atom. The number of carbonyl (C=O) groups excluding carboxylic acids is 3. The minimum absolute atomic E-state index is 0.317. The highest BCUT2D eigenvalue weighted by molar-refractivity contribution is 6.35. The van der Waals surface area contributed by atoms with Gasteiger partial charge in [-0.2, -0.15) is 0 Å². The van der Waals surface area contributed by atoms with Crippen LogP contribution >= 0.6 is 0 Å². The maximum Gasteiger partial charge on any atom is 0.266 e. The summed E-state index contributed by atoms with van der Waals surface area (Å²) >= 11 is 0. The van der Waals surface area contributed by atoms with Crippen LogP contribution in [0.2, 0.25) is 0 Å². The largest absolute Gasteiger partial charge is 0.298 e. The number of hydrogen-bond donors (Lipinski definition) is 0. The van der Waals surface area contributed by atoms with Gasteiger partial charge in [-0.1, -0.05) is 24.3 Å². The zero-order chi connectivity index (χ0) is 13.4. The van der Waals surface area contributed by atoms with Crippen molar-refractivity contribution in [2.75, 3.05) is 4.90 Å². The lowest BCUT2D eigenvalue weighted by molar-refractivity contribution is 0.0926. The Kier molecular flexibility index (Phi) is 2.49. The zero-order valence-corrected chi connectivity index (χ0v) is 9.87. The van der Waals surface area contributed by atoms with Crippen LogP contribution in [-0.4, -0.2) is 18.1 Å². The molecule has 0 saturated heterocycles. The maximum atomic E-state index is 12.3. The van der Waals surface area contributed by atoms with Crippen molar-refractivity contribution >= 4 is 23.8 Å². The van der Waals surface area contributed by atoms with Crippen LogP contribution in [0.1, 0.15) is 31.1 Å². The van der Waals surface area contributed by atoms with E-state index in [2.05, 4.69) is 0 Å². The monoisotopic (exact) mass is 251 g/mol. The number of para-hydroxylation sites is 1. The minimum atomic E-state index is -0.394. The second kappa shape index (κ2) is 4.17. The second-order valence-corrected chi connectivity index (χ2v) is 4.17. The molecule has 4 nitrogen and oxygen atoms in total. The van der Waals surface area contributed by atoms with Crippen molar-refractivity contribution in [1.29, 1.82) is 0 Å². The first kappa shape index (κ1) is 11.3. The van der Waals surface area contributed by atoms with Gasteiger partial charge >= 0.3 is 0 Å². The first-order valence-corrected chi connectivity index (χ1v) is 5.76. The molecular formula is C15H9NO3. The Labute approximate surface area is 109 Å². The number of carbonyl (C=O) groups is 3. The van der Waals surface area contributed by atoms with Crippen LogP contribution in [-0.2, 0) is 0 Å². The quantitative estimate of drug-likeness (QED) is 0.608. The van der Waals surface area contributed by atoms with Gasteiger partial charge in [-0.3, -0.25) is 14.4 Å². The number of benzene rings is 2. The first-order chi connectivity index (χ1) is 9.24. The van der Waals surface area contributed by atoms with Crippen molar-refractivity contribution in [2.24, 2.45) is 0 Å². The number of nitrogens with zero attached hydrogens (tertiary/aromatic N) is 1. The molecule has 2 aromatic carbocycles. The summed E-state index contributed by atoms with van der Waals surface area (Å²) in [6, 6.07) is 13.2. The third kappa shape index (κ3) is 1.57. The highest BCUT2D eigenvalue weighted by atomic mass is 16.2. The molecule has 0 atom stereocenters. The van der Waals surface area contributed by atoms with Crippen LogP contribution in [0.15, 0.2) is 48.5 Å². The molecule has 1 heterocycles. The highest BCUT2D eigenvalue weighted by Crippen LogP contribution is 2.29. The van der Waals surface area contributed by atoms with E-state index in [4.69, 9.17) is 0 Å². The fourth-order valence-electron chi connectivity index (χ4n) is 2.20. The Morgan fingerprint density at radius 3 is 1.89 bits per heavy atom. The Hall–Kier alpha value is -2.75. The van der Waals surface area contributed by atoms with E-state index in [0.717, 1.165) is 4.90 Å². The average molecular weight is 251 g/mol. The molecule has 0 aliphatic carbocycles. The van der Waals surface area contributed by atoms with E-state index >= 15 is 0 Å². The van der Waals surface area contributed by atoms with Crippen molar-refractivity contribution in [3.05, 3.63) is 65.2 Å². The lowest BCUT2D eigenvalue weighted by Crippen LogP contribution is -2.30. The number of aldehydes is 1. The molecule has 1 aliphatic heterocycles. The van der Waals surface area contributed by atoms with Crippen LogP contribution in [0.25, 0.3) is 0 Å². The van der Waals surface area contributed by atoms with Crippen LogP contribution in [0.4, 0.5) is 5.69 Å². The summed E-state index contributed by atoms with van der Waals surface area (Å²) in [4.78, 5) is 36.6. The molecule has 0 bridgehead atoms. The lowest BCUT2D eigenvalue weighted by atomic mass is 10.1. The van der Waals surface area contributed by atoms with Crippen molar-refractivity contribution in [2.45, 2.75) is 0 Å². The predicted octanol–water partition coefficient (Wildman–Crippen LogP) is 2.30. The molecular weight excluding hydrogens is 242 g/mol. The third-order valence-electron chi connectivity index (χ3n) is 3.10. The molecule has 0 fully saturated rings. The minimum Gasteiger partial charge on any atom is -0.298 e. The normalized spacial score (nSPS) is 13.6. The van der Waals surface area contributed by atoms with E-state index in [-0.39, 0.29) is 0 Å². The Bertz CT molecular complexity index is 671. The molecule has 19 heavy (non-hydrogen) atoms. The van der Waals surface area contributed by atoms with E-state index in [9.17, 15) is 14.4 Å². The molecule has 0 saturated carbocycles. The fraction of sp³-hybridized carbons (Fsp3) is 0. The molecule has 4 heteroatoms. The molecule has 3 rings (SSSR count). The van der Waals surface area contributed by atoms with E-state index in [1.165, 1.54) is 0 Å². The molecule has 2 aromatic rings. The molecule has 0 unspecified atom stereocenters. The van der Waals surface area contributed by atoms with Crippen molar-refractivity contribution in [3.63, 3.8) is 0 Å². The van der Waals surface area contributed by atoms with Gasteiger partial charge in [0.2, 0.25) is 0 Å². The van der Waals surface area contributed by atoms with Crippen LogP contribution in [0, 0.1) is 0 Å². The van der Waals surface area contributed by atoms with Gasteiger partial charge < -0.3 is 0 Å². The first-order valence-electron chi connectivity index (χ1n) is 5.76. The molecule has 0 aromatic heterocycles. The summed E-state index contributed by atoms with van der Waals surface area (Å²) in [5, 5.41) is 0. The standard InChI is InChI=1S/C15H9NO3/c17-9-10-5-1-4-8-13(10)16-14(18)11-6-2-3-7-12(11)15(16)19/h1-9H. The number of anilines is 1. The predicted molar refractivity (Wildman–Crippen MR) is 69.4 cm³/mol. The van der Waals surface area contributed by atoms with Gasteiger partial charge in [-0.05, 0) is 24.3 Å². The molecule has 92 valence electrons. The summed E-state index contributed by atoms with van der Waals surface area (Å²) in [6.45, 7) is 0.